The normalized spacial score (nSPS) is 16.7. The van der Waals surface area contributed by atoms with Crippen LogP contribution in [0.3, 0.4) is 0 Å². The van der Waals surface area contributed by atoms with Crippen LogP contribution >= 0.6 is 31.9 Å². The minimum absolute atomic E-state index is 0.0697. The molecule has 3 aromatic heterocycles. The minimum Gasteiger partial charge on any atom is -0.506 e. The molecule has 2 aliphatic heterocycles. The van der Waals surface area contributed by atoms with E-state index in [0.29, 0.717) is 72.2 Å². The average Bonchev–Trinajstić information content (AvgIpc) is 3.39. The lowest BCUT2D eigenvalue weighted by molar-refractivity contribution is -0.133. The molecule has 0 unspecified atom stereocenters. The van der Waals surface area contributed by atoms with Crippen LogP contribution in [0.1, 0.15) is 24.4 Å². The number of pyridine rings is 2. The topological polar surface area (TPSA) is 140 Å². The Morgan fingerprint density at radius 1 is 0.977 bits per heavy atom. The number of hydrogen-bond acceptors (Lipinski definition) is 7. The number of piperidine rings is 1. The number of carbonyl (C=O) groups is 2. The van der Waals surface area contributed by atoms with E-state index in [4.69, 9.17) is 0 Å². The highest BCUT2D eigenvalue weighted by atomic mass is 79.9. The first-order valence-electron chi connectivity index (χ1n) is 14.5. The van der Waals surface area contributed by atoms with Crippen LogP contribution in [-0.4, -0.2) is 91.7 Å². The van der Waals surface area contributed by atoms with E-state index in [1.54, 1.807) is 51.2 Å². The maximum absolute atomic E-state index is 13.9. The molecule has 230 valence electrons. The summed E-state index contributed by atoms with van der Waals surface area (Å²) in [6.07, 6.45) is 6.60. The number of rotatable bonds is 6. The van der Waals surface area contributed by atoms with Gasteiger partial charge in [0, 0.05) is 76.0 Å². The van der Waals surface area contributed by atoms with Crippen LogP contribution in [0, 0.1) is 0 Å². The number of urea groups is 1. The van der Waals surface area contributed by atoms with Crippen LogP contribution in [0.4, 0.5) is 10.5 Å². The summed E-state index contributed by atoms with van der Waals surface area (Å²) in [6.45, 7) is 3.25. The van der Waals surface area contributed by atoms with Crippen molar-refractivity contribution in [3.8, 4) is 5.75 Å². The number of amides is 3. The number of benzene rings is 1. The third kappa shape index (κ3) is 6.32. The number of aromatic nitrogens is 4. The molecule has 2 fully saturated rings. The third-order valence-corrected chi connectivity index (χ3v) is 9.53. The van der Waals surface area contributed by atoms with Crippen molar-refractivity contribution < 1.29 is 14.7 Å². The van der Waals surface area contributed by atoms with Gasteiger partial charge in [0.05, 0.1) is 14.5 Å². The maximum Gasteiger partial charge on any atom is 0.327 e. The number of piperazine rings is 1. The lowest BCUT2D eigenvalue weighted by atomic mass is 10.0. The van der Waals surface area contributed by atoms with Crippen molar-refractivity contribution in [2.75, 3.05) is 44.2 Å². The molecule has 6 rings (SSSR count). The molecule has 0 saturated carbocycles. The summed E-state index contributed by atoms with van der Waals surface area (Å²) < 4.78 is 2.67. The second-order valence-electron chi connectivity index (χ2n) is 11.0. The lowest BCUT2D eigenvalue weighted by Crippen LogP contribution is -2.57. The Balaban J connectivity index is 1.14. The second kappa shape index (κ2) is 13.0. The first kappa shape index (κ1) is 30.1. The minimum atomic E-state index is -0.809. The van der Waals surface area contributed by atoms with Crippen molar-refractivity contribution in [2.45, 2.75) is 31.3 Å². The number of hydrogen-bond donors (Lipinski definition) is 3. The standard InChI is InChI=1S/C30H32Br2N8O4/c31-22-16-19(17-23(32)26(22)41)18-25(28(42)38-14-12-37(13-15-38)20-3-8-33-9-4-20)36-29(43)39-10-5-21(6-11-39)40-27-24(35-30(40)44)2-1-7-34-27/h1-4,7-9,16-17,21,25,41H,5-6,10-15,18H2,(H,35,44)(H,36,43)/t25-/m0/s1. The molecule has 1 atom stereocenters. The van der Waals surface area contributed by atoms with Gasteiger partial charge >= 0.3 is 11.7 Å². The number of H-pyrrole nitrogens is 1. The molecule has 0 bridgehead atoms. The van der Waals surface area contributed by atoms with Gasteiger partial charge in [-0.2, -0.15) is 0 Å². The van der Waals surface area contributed by atoms with Crippen LogP contribution in [0.2, 0.25) is 0 Å². The van der Waals surface area contributed by atoms with Gasteiger partial charge in [0.15, 0.2) is 5.65 Å². The molecule has 3 amide bonds. The third-order valence-electron chi connectivity index (χ3n) is 8.32. The number of nitrogens with zero attached hydrogens (tertiary/aromatic N) is 6. The van der Waals surface area contributed by atoms with Gasteiger partial charge in [-0.15, -0.1) is 0 Å². The zero-order valence-corrected chi connectivity index (χ0v) is 27.0. The van der Waals surface area contributed by atoms with Crippen LogP contribution in [-0.2, 0) is 11.2 Å². The van der Waals surface area contributed by atoms with Gasteiger partial charge in [0.2, 0.25) is 5.91 Å². The fraction of sp³-hybridized carbons (Fsp3) is 0.367. The molecule has 2 aliphatic rings. The van der Waals surface area contributed by atoms with Crippen molar-refractivity contribution in [3.05, 3.63) is 80.0 Å². The highest BCUT2D eigenvalue weighted by Gasteiger charge is 2.32. The predicted molar refractivity (Wildman–Crippen MR) is 173 cm³/mol. The number of aromatic amines is 1. The molecule has 1 aromatic carbocycles. The molecule has 0 radical (unpaired) electrons. The Kier molecular flexibility index (Phi) is 8.89. The Labute approximate surface area is 270 Å². The van der Waals surface area contributed by atoms with E-state index in [-0.39, 0.29) is 35.8 Å². The van der Waals surface area contributed by atoms with Gasteiger partial charge < -0.3 is 30.1 Å². The van der Waals surface area contributed by atoms with Gasteiger partial charge in [0.1, 0.15) is 11.8 Å². The molecule has 14 heteroatoms. The van der Waals surface area contributed by atoms with E-state index in [2.05, 4.69) is 57.0 Å². The number of fused-ring (bicyclic) bond motifs is 1. The summed E-state index contributed by atoms with van der Waals surface area (Å²) in [5.41, 5.74) is 2.93. The highest BCUT2D eigenvalue weighted by Crippen LogP contribution is 2.34. The van der Waals surface area contributed by atoms with E-state index in [0.717, 1.165) is 11.3 Å². The van der Waals surface area contributed by atoms with Crippen molar-refractivity contribution in [1.82, 2.24) is 34.6 Å². The molecule has 0 aliphatic carbocycles. The zero-order chi connectivity index (χ0) is 30.8. The fourth-order valence-electron chi connectivity index (χ4n) is 6.00. The smallest absolute Gasteiger partial charge is 0.327 e. The van der Waals surface area contributed by atoms with E-state index in [9.17, 15) is 19.5 Å². The van der Waals surface area contributed by atoms with Crippen molar-refractivity contribution in [2.24, 2.45) is 0 Å². The number of likely N-dealkylation sites (tertiary alicyclic amines) is 1. The van der Waals surface area contributed by atoms with Crippen molar-refractivity contribution in [3.63, 3.8) is 0 Å². The summed E-state index contributed by atoms with van der Waals surface area (Å²) in [5.74, 6) is -0.0837. The van der Waals surface area contributed by atoms with Gasteiger partial charge in [-0.25, -0.2) is 14.6 Å². The number of halogens is 2. The molecule has 44 heavy (non-hydrogen) atoms. The van der Waals surface area contributed by atoms with Crippen LogP contribution < -0.4 is 15.9 Å². The molecule has 5 heterocycles. The molecule has 12 nitrogen and oxygen atoms in total. The molecular formula is C30H32Br2N8O4. The zero-order valence-electron chi connectivity index (χ0n) is 23.8. The van der Waals surface area contributed by atoms with E-state index in [1.807, 2.05) is 18.2 Å². The Bertz CT molecular complexity index is 1690. The molecule has 2 saturated heterocycles. The monoisotopic (exact) mass is 726 g/mol. The van der Waals surface area contributed by atoms with Crippen LogP contribution in [0.5, 0.6) is 5.75 Å². The summed E-state index contributed by atoms with van der Waals surface area (Å²) in [5, 5.41) is 13.2. The van der Waals surface area contributed by atoms with E-state index in [1.165, 1.54) is 0 Å². The van der Waals surface area contributed by atoms with Gasteiger partial charge in [-0.3, -0.25) is 14.3 Å². The molecule has 3 N–H and O–H groups in total. The largest absolute Gasteiger partial charge is 0.506 e. The predicted octanol–water partition coefficient (Wildman–Crippen LogP) is 3.66. The van der Waals surface area contributed by atoms with Gasteiger partial charge in [-0.05, 0) is 86.7 Å². The maximum atomic E-state index is 13.9. The average molecular weight is 728 g/mol. The lowest BCUT2D eigenvalue weighted by Gasteiger charge is -2.38. The number of aromatic hydroxyl groups is 1. The summed E-state index contributed by atoms with van der Waals surface area (Å²) in [7, 11) is 0. The van der Waals surface area contributed by atoms with E-state index < -0.39 is 6.04 Å². The summed E-state index contributed by atoms with van der Waals surface area (Å²) >= 11 is 6.75. The first-order valence-corrected chi connectivity index (χ1v) is 16.1. The Morgan fingerprint density at radius 2 is 1.66 bits per heavy atom. The number of carbonyl (C=O) groups excluding carboxylic acids is 2. The fourth-order valence-corrected chi connectivity index (χ4v) is 7.28. The quantitative estimate of drug-likeness (QED) is 0.276. The van der Waals surface area contributed by atoms with Crippen molar-refractivity contribution in [1.29, 1.82) is 0 Å². The number of anilines is 1. The van der Waals surface area contributed by atoms with Gasteiger partial charge in [0.25, 0.3) is 0 Å². The summed E-state index contributed by atoms with van der Waals surface area (Å²) in [6, 6.07) is 9.81. The molecule has 4 aromatic rings. The number of nitrogens with one attached hydrogen (secondary N) is 2. The molecular weight excluding hydrogens is 696 g/mol. The number of imidazole rings is 1. The SMILES string of the molecule is O=C(N[C@@H](Cc1cc(Br)c(O)c(Br)c1)C(=O)N1CCN(c2ccncc2)CC1)N1CCC(n2c(=O)[nH]c3cccnc32)CC1. The summed E-state index contributed by atoms with van der Waals surface area (Å²) in [4.78, 5) is 57.2. The van der Waals surface area contributed by atoms with E-state index >= 15 is 0 Å². The van der Waals surface area contributed by atoms with Crippen LogP contribution in [0.15, 0.2) is 68.7 Å². The van der Waals surface area contributed by atoms with Crippen LogP contribution in [0.25, 0.3) is 11.2 Å². The van der Waals surface area contributed by atoms with Crippen molar-refractivity contribution >= 4 is 60.6 Å². The highest BCUT2D eigenvalue weighted by molar-refractivity contribution is 9.11. The number of phenols is 1. The first-order chi connectivity index (χ1) is 21.3. The molecule has 0 spiro atoms. The number of phenolic OH excluding ortho intramolecular Hbond substituents is 1. The van der Waals surface area contributed by atoms with Gasteiger partial charge in [-0.1, -0.05) is 0 Å². The Hall–Kier alpha value is -3.91. The second-order valence-corrected chi connectivity index (χ2v) is 12.7. The Morgan fingerprint density at radius 3 is 2.34 bits per heavy atom.